The smallest absolute Gasteiger partial charge is 0.310 e. The van der Waals surface area contributed by atoms with E-state index in [1.54, 1.807) is 0 Å². The van der Waals surface area contributed by atoms with Crippen LogP contribution < -0.4 is 5.32 Å². The van der Waals surface area contributed by atoms with Crippen LogP contribution in [0.2, 0.25) is 0 Å². The lowest BCUT2D eigenvalue weighted by Crippen LogP contribution is -2.21. The highest BCUT2D eigenvalue weighted by molar-refractivity contribution is 7.14. The first-order valence-electron chi connectivity index (χ1n) is 9.25. The van der Waals surface area contributed by atoms with Gasteiger partial charge in [-0.25, -0.2) is 4.98 Å². The van der Waals surface area contributed by atoms with E-state index in [0.29, 0.717) is 5.13 Å². The molecule has 7 heteroatoms. The Kier molecular flexibility index (Phi) is 6.32. The van der Waals surface area contributed by atoms with E-state index in [0.717, 1.165) is 27.9 Å². The molecule has 0 saturated carbocycles. The van der Waals surface area contributed by atoms with Crippen LogP contribution in [0.15, 0.2) is 76.8 Å². The minimum absolute atomic E-state index is 0.164. The van der Waals surface area contributed by atoms with Gasteiger partial charge in [0.25, 0.3) is 5.91 Å². The first kappa shape index (κ1) is 20.0. The minimum atomic E-state index is -0.429. The second-order valence-electron chi connectivity index (χ2n) is 6.50. The number of amides is 1. The molecule has 0 atom stereocenters. The summed E-state index contributed by atoms with van der Waals surface area (Å²) in [5.74, 6) is -0.837. The highest BCUT2D eigenvalue weighted by Crippen LogP contribution is 2.27. The van der Waals surface area contributed by atoms with Crippen molar-refractivity contribution in [2.75, 3.05) is 11.9 Å². The second kappa shape index (κ2) is 9.47. The largest absolute Gasteiger partial charge is 0.455 e. The number of carbonyl (C=O) groups excluding carboxylic acids is 2. The summed E-state index contributed by atoms with van der Waals surface area (Å²) in [4.78, 5) is 28.3. The Morgan fingerprint density at radius 2 is 1.63 bits per heavy atom. The Bertz CT molecular complexity index is 1120. The van der Waals surface area contributed by atoms with Crippen LogP contribution in [0.5, 0.6) is 0 Å². The topological polar surface area (TPSA) is 68.3 Å². The highest BCUT2D eigenvalue weighted by atomic mass is 32.1. The maximum atomic E-state index is 12.0. The fraction of sp³-hybridized carbons (Fsp3) is 0.0870. The van der Waals surface area contributed by atoms with Crippen LogP contribution in [-0.4, -0.2) is 23.5 Å². The number of hydrogen-bond donors (Lipinski definition) is 1. The molecule has 0 radical (unpaired) electrons. The number of thiazole rings is 1. The van der Waals surface area contributed by atoms with Crippen molar-refractivity contribution in [3.63, 3.8) is 0 Å². The van der Waals surface area contributed by atoms with E-state index in [2.05, 4.69) is 34.6 Å². The van der Waals surface area contributed by atoms with Gasteiger partial charge in [0, 0.05) is 10.9 Å². The zero-order chi connectivity index (χ0) is 20.8. The standard InChI is InChI=1S/C23H18N2O3S2/c26-21(13-28-22(27)12-16-10-11-29-14-16)25-23-24-20(15-30-23)19-8-6-18(7-9-19)17-4-2-1-3-5-17/h1-11,14-15H,12-13H2,(H,24,25,26). The van der Waals surface area contributed by atoms with E-state index in [9.17, 15) is 9.59 Å². The lowest BCUT2D eigenvalue weighted by atomic mass is 10.0. The molecule has 0 aliphatic carbocycles. The van der Waals surface area contributed by atoms with Gasteiger partial charge in [-0.3, -0.25) is 14.9 Å². The van der Waals surface area contributed by atoms with Crippen LogP contribution >= 0.6 is 22.7 Å². The summed E-state index contributed by atoms with van der Waals surface area (Å²) in [6, 6.07) is 20.1. The van der Waals surface area contributed by atoms with Crippen molar-refractivity contribution in [3.05, 3.63) is 82.4 Å². The molecule has 30 heavy (non-hydrogen) atoms. The summed E-state index contributed by atoms with van der Waals surface area (Å²) in [5, 5.41) is 8.80. The molecular weight excluding hydrogens is 416 g/mol. The Labute approximate surface area is 182 Å². The molecule has 0 bridgehead atoms. The van der Waals surface area contributed by atoms with E-state index >= 15 is 0 Å². The van der Waals surface area contributed by atoms with Crippen LogP contribution in [-0.2, 0) is 20.7 Å². The SMILES string of the molecule is O=C(COC(=O)Cc1ccsc1)Nc1nc(-c2ccc(-c3ccccc3)cc2)cs1. The summed E-state index contributed by atoms with van der Waals surface area (Å²) in [6.07, 6.45) is 0.164. The van der Waals surface area contributed by atoms with Gasteiger partial charge in [0.2, 0.25) is 0 Å². The van der Waals surface area contributed by atoms with Gasteiger partial charge in [-0.15, -0.1) is 11.3 Å². The number of anilines is 1. The van der Waals surface area contributed by atoms with Crippen molar-refractivity contribution >= 4 is 39.7 Å². The molecule has 4 aromatic rings. The number of rotatable bonds is 7. The van der Waals surface area contributed by atoms with Crippen molar-refractivity contribution in [3.8, 4) is 22.4 Å². The second-order valence-corrected chi connectivity index (χ2v) is 8.14. The normalized spacial score (nSPS) is 10.5. The van der Waals surface area contributed by atoms with Crippen LogP contribution in [0, 0.1) is 0 Å². The summed E-state index contributed by atoms with van der Waals surface area (Å²) >= 11 is 2.84. The average Bonchev–Trinajstić information content (AvgIpc) is 3.45. The molecule has 0 fully saturated rings. The van der Waals surface area contributed by atoms with Crippen molar-refractivity contribution in [2.24, 2.45) is 0 Å². The quantitative estimate of drug-likeness (QED) is 0.403. The fourth-order valence-electron chi connectivity index (χ4n) is 2.84. The van der Waals surface area contributed by atoms with Crippen LogP contribution in [0.25, 0.3) is 22.4 Å². The zero-order valence-electron chi connectivity index (χ0n) is 15.9. The van der Waals surface area contributed by atoms with Crippen molar-refractivity contribution < 1.29 is 14.3 Å². The number of hydrogen-bond acceptors (Lipinski definition) is 6. The van der Waals surface area contributed by atoms with Crippen LogP contribution in [0.1, 0.15) is 5.56 Å². The summed E-state index contributed by atoms with van der Waals surface area (Å²) < 4.78 is 5.03. The molecule has 0 saturated heterocycles. The Morgan fingerprint density at radius 1 is 0.900 bits per heavy atom. The molecule has 1 amide bonds. The van der Waals surface area contributed by atoms with Crippen molar-refractivity contribution in [1.29, 1.82) is 0 Å². The molecule has 0 aliphatic heterocycles. The Balaban J connectivity index is 1.31. The maximum Gasteiger partial charge on any atom is 0.310 e. The van der Waals surface area contributed by atoms with Gasteiger partial charge in [0.1, 0.15) is 0 Å². The van der Waals surface area contributed by atoms with Gasteiger partial charge in [-0.05, 0) is 33.5 Å². The predicted molar refractivity (Wildman–Crippen MR) is 121 cm³/mol. The molecule has 5 nitrogen and oxygen atoms in total. The maximum absolute atomic E-state index is 12.0. The fourth-order valence-corrected chi connectivity index (χ4v) is 4.24. The number of ether oxygens (including phenoxy) is 1. The van der Waals surface area contributed by atoms with Gasteiger partial charge in [0.05, 0.1) is 12.1 Å². The number of nitrogens with one attached hydrogen (secondary N) is 1. The first-order chi connectivity index (χ1) is 14.7. The lowest BCUT2D eigenvalue weighted by Gasteiger charge is -2.04. The number of benzene rings is 2. The number of nitrogens with zero attached hydrogens (tertiary/aromatic N) is 1. The predicted octanol–water partition coefficient (Wildman–Crippen LogP) is 5.26. The third kappa shape index (κ3) is 5.20. The van der Waals surface area contributed by atoms with Gasteiger partial charge in [0.15, 0.2) is 11.7 Å². The van der Waals surface area contributed by atoms with E-state index in [1.807, 2.05) is 52.5 Å². The third-order valence-electron chi connectivity index (χ3n) is 4.33. The van der Waals surface area contributed by atoms with E-state index in [-0.39, 0.29) is 13.0 Å². The monoisotopic (exact) mass is 434 g/mol. The molecule has 150 valence electrons. The number of esters is 1. The molecule has 2 heterocycles. The lowest BCUT2D eigenvalue weighted by molar-refractivity contribution is -0.146. The molecule has 0 aliphatic rings. The van der Waals surface area contributed by atoms with Crippen LogP contribution in [0.4, 0.5) is 5.13 Å². The third-order valence-corrected chi connectivity index (χ3v) is 5.82. The molecule has 0 unspecified atom stereocenters. The molecule has 4 rings (SSSR count). The van der Waals surface area contributed by atoms with E-state index < -0.39 is 11.9 Å². The van der Waals surface area contributed by atoms with Gasteiger partial charge >= 0.3 is 5.97 Å². The first-order valence-corrected chi connectivity index (χ1v) is 11.1. The summed E-state index contributed by atoms with van der Waals surface area (Å²) in [6.45, 7) is -0.330. The highest BCUT2D eigenvalue weighted by Gasteiger charge is 2.12. The van der Waals surface area contributed by atoms with Crippen LogP contribution in [0.3, 0.4) is 0 Å². The molecule has 2 aromatic heterocycles. The number of aromatic nitrogens is 1. The van der Waals surface area contributed by atoms with E-state index in [1.165, 1.54) is 22.7 Å². The molecule has 0 spiro atoms. The molecule has 1 N–H and O–H groups in total. The summed E-state index contributed by atoms with van der Waals surface area (Å²) in [7, 11) is 0. The van der Waals surface area contributed by atoms with Gasteiger partial charge < -0.3 is 4.74 Å². The summed E-state index contributed by atoms with van der Waals surface area (Å²) in [5.41, 5.74) is 4.92. The zero-order valence-corrected chi connectivity index (χ0v) is 17.5. The molecular formula is C23H18N2O3S2. The number of carbonyl (C=O) groups is 2. The van der Waals surface area contributed by atoms with Gasteiger partial charge in [-0.2, -0.15) is 11.3 Å². The Hall–Kier alpha value is -3.29. The minimum Gasteiger partial charge on any atom is -0.455 e. The van der Waals surface area contributed by atoms with Crippen molar-refractivity contribution in [2.45, 2.75) is 6.42 Å². The molecule has 2 aromatic carbocycles. The van der Waals surface area contributed by atoms with E-state index in [4.69, 9.17) is 4.74 Å². The Morgan fingerprint density at radius 3 is 2.37 bits per heavy atom. The average molecular weight is 435 g/mol. The van der Waals surface area contributed by atoms with Crippen molar-refractivity contribution in [1.82, 2.24) is 4.98 Å². The number of thiophene rings is 1. The van der Waals surface area contributed by atoms with Gasteiger partial charge in [-0.1, -0.05) is 54.6 Å².